The molecule has 0 unspecified atom stereocenters. The maximum atomic E-state index is 12.3. The minimum atomic E-state index is -0.260. The molecule has 3 rings (SSSR count). The van der Waals surface area contributed by atoms with Crippen molar-refractivity contribution in [3.8, 4) is 11.5 Å². The highest BCUT2D eigenvalue weighted by Gasteiger charge is 2.10. The Morgan fingerprint density at radius 1 is 1.00 bits per heavy atom. The van der Waals surface area contributed by atoms with Crippen LogP contribution in [0.5, 0.6) is 0 Å². The Morgan fingerprint density at radius 2 is 1.75 bits per heavy atom. The molecular formula is C18H15N3O3. The topological polar surface area (TPSA) is 85.1 Å². The molecule has 1 aromatic heterocycles. The fraction of sp³-hybridized carbons (Fsp3) is 0.111. The average Bonchev–Trinajstić information content (AvgIpc) is 3.01. The van der Waals surface area contributed by atoms with Crippen molar-refractivity contribution in [1.29, 1.82) is 0 Å². The molecule has 0 atom stereocenters. The van der Waals surface area contributed by atoms with Crippen molar-refractivity contribution in [3.63, 3.8) is 0 Å². The van der Waals surface area contributed by atoms with Gasteiger partial charge in [0.05, 0.1) is 0 Å². The van der Waals surface area contributed by atoms with E-state index in [-0.39, 0.29) is 11.7 Å². The number of aromatic nitrogens is 2. The van der Waals surface area contributed by atoms with E-state index in [1.54, 1.807) is 55.5 Å². The second-order valence-electron chi connectivity index (χ2n) is 5.29. The number of benzene rings is 2. The third-order valence-electron chi connectivity index (χ3n) is 3.45. The van der Waals surface area contributed by atoms with Crippen LogP contribution in [-0.2, 0) is 0 Å². The molecule has 0 aliphatic carbocycles. The number of nitrogens with one attached hydrogen (secondary N) is 1. The van der Waals surface area contributed by atoms with Gasteiger partial charge in [-0.2, -0.15) is 0 Å². The third-order valence-corrected chi connectivity index (χ3v) is 3.45. The Kier molecular flexibility index (Phi) is 4.20. The smallest absolute Gasteiger partial charge is 0.255 e. The molecule has 6 heteroatoms. The highest BCUT2D eigenvalue weighted by atomic mass is 16.4. The minimum Gasteiger partial charge on any atom is -0.421 e. The molecule has 3 aromatic rings. The van der Waals surface area contributed by atoms with Crippen LogP contribution in [0.15, 0.2) is 52.9 Å². The largest absolute Gasteiger partial charge is 0.421 e. The predicted octanol–water partition coefficient (Wildman–Crippen LogP) is 3.50. The second-order valence-corrected chi connectivity index (χ2v) is 5.29. The van der Waals surface area contributed by atoms with Crippen LogP contribution in [0.25, 0.3) is 11.5 Å². The van der Waals surface area contributed by atoms with Crippen LogP contribution in [0, 0.1) is 6.92 Å². The Labute approximate surface area is 138 Å². The monoisotopic (exact) mass is 321 g/mol. The van der Waals surface area contributed by atoms with Crippen LogP contribution in [0.1, 0.15) is 33.5 Å². The quantitative estimate of drug-likeness (QED) is 0.743. The highest BCUT2D eigenvalue weighted by Crippen LogP contribution is 2.19. The van der Waals surface area contributed by atoms with Gasteiger partial charge in [-0.15, -0.1) is 10.2 Å². The summed E-state index contributed by atoms with van der Waals surface area (Å²) in [6.45, 7) is 3.20. The van der Waals surface area contributed by atoms with Crippen molar-refractivity contribution in [2.24, 2.45) is 0 Å². The van der Waals surface area contributed by atoms with Crippen molar-refractivity contribution in [2.45, 2.75) is 13.8 Å². The lowest BCUT2D eigenvalue weighted by Crippen LogP contribution is -2.12. The Bertz CT molecular complexity index is 898. The van der Waals surface area contributed by atoms with Crippen LogP contribution in [0.3, 0.4) is 0 Å². The zero-order valence-electron chi connectivity index (χ0n) is 13.2. The van der Waals surface area contributed by atoms with Gasteiger partial charge < -0.3 is 9.73 Å². The fourth-order valence-electron chi connectivity index (χ4n) is 2.20. The van der Waals surface area contributed by atoms with E-state index >= 15 is 0 Å². The van der Waals surface area contributed by atoms with Gasteiger partial charge in [0, 0.05) is 29.3 Å². The van der Waals surface area contributed by atoms with Crippen LogP contribution < -0.4 is 5.32 Å². The summed E-state index contributed by atoms with van der Waals surface area (Å²) in [4.78, 5) is 23.7. The van der Waals surface area contributed by atoms with E-state index in [0.29, 0.717) is 28.6 Å². The lowest BCUT2D eigenvalue weighted by atomic mass is 10.1. The zero-order valence-corrected chi connectivity index (χ0v) is 13.2. The van der Waals surface area contributed by atoms with E-state index < -0.39 is 0 Å². The van der Waals surface area contributed by atoms with Crippen LogP contribution in [-0.4, -0.2) is 21.9 Å². The summed E-state index contributed by atoms with van der Waals surface area (Å²) in [5, 5.41) is 10.5. The van der Waals surface area contributed by atoms with Crippen LogP contribution >= 0.6 is 0 Å². The Morgan fingerprint density at radius 3 is 2.38 bits per heavy atom. The molecule has 0 saturated carbocycles. The highest BCUT2D eigenvalue weighted by molar-refractivity contribution is 6.05. The number of carbonyl (C=O) groups is 2. The van der Waals surface area contributed by atoms with Gasteiger partial charge >= 0.3 is 0 Å². The van der Waals surface area contributed by atoms with E-state index in [4.69, 9.17) is 4.42 Å². The summed E-state index contributed by atoms with van der Waals surface area (Å²) in [6.07, 6.45) is 0. The van der Waals surface area contributed by atoms with Crippen LogP contribution in [0.2, 0.25) is 0 Å². The number of hydrogen-bond acceptors (Lipinski definition) is 5. The standard InChI is InChI=1S/C18H15N3O3/c1-11(22)15-4-3-5-16(10-15)19-17(23)13-6-8-14(9-7-13)18-21-20-12(2)24-18/h3-10H,1-2H3,(H,19,23). The van der Waals surface area contributed by atoms with Gasteiger partial charge in [-0.25, -0.2) is 0 Å². The molecule has 2 aromatic carbocycles. The van der Waals surface area contributed by atoms with Gasteiger partial charge in [0.1, 0.15) is 0 Å². The number of ketones is 1. The van der Waals surface area contributed by atoms with Gasteiger partial charge in [0.15, 0.2) is 5.78 Å². The second kappa shape index (κ2) is 6.45. The number of anilines is 1. The molecule has 0 fully saturated rings. The van der Waals surface area contributed by atoms with Gasteiger partial charge in [0.2, 0.25) is 11.8 Å². The van der Waals surface area contributed by atoms with Gasteiger partial charge in [0.25, 0.3) is 5.91 Å². The minimum absolute atomic E-state index is 0.0506. The summed E-state index contributed by atoms with van der Waals surface area (Å²) < 4.78 is 5.35. The molecular weight excluding hydrogens is 306 g/mol. The molecule has 0 aliphatic heterocycles. The summed E-state index contributed by atoms with van der Waals surface area (Å²) in [5.74, 6) is 0.583. The number of rotatable bonds is 4. The number of Topliss-reactive ketones (excluding diaryl/α,β-unsaturated/α-hetero) is 1. The number of nitrogens with zero attached hydrogens (tertiary/aromatic N) is 2. The molecule has 0 spiro atoms. The van der Waals surface area contributed by atoms with Crippen molar-refractivity contribution < 1.29 is 14.0 Å². The zero-order chi connectivity index (χ0) is 17.1. The van der Waals surface area contributed by atoms with Crippen molar-refractivity contribution in [3.05, 3.63) is 65.5 Å². The fourth-order valence-corrected chi connectivity index (χ4v) is 2.20. The van der Waals surface area contributed by atoms with Crippen molar-refractivity contribution in [2.75, 3.05) is 5.32 Å². The Balaban J connectivity index is 1.76. The normalized spacial score (nSPS) is 10.4. The number of aryl methyl sites for hydroxylation is 1. The maximum Gasteiger partial charge on any atom is 0.255 e. The molecule has 0 saturated heterocycles. The summed E-state index contributed by atoms with van der Waals surface area (Å²) in [7, 11) is 0. The first-order valence-corrected chi connectivity index (χ1v) is 7.36. The van der Waals surface area contributed by atoms with Gasteiger partial charge in [-0.3, -0.25) is 9.59 Å². The van der Waals surface area contributed by atoms with E-state index in [2.05, 4.69) is 15.5 Å². The SMILES string of the molecule is CC(=O)c1cccc(NC(=O)c2ccc(-c3nnc(C)o3)cc2)c1. The first-order chi connectivity index (χ1) is 11.5. The van der Waals surface area contributed by atoms with Gasteiger partial charge in [-0.05, 0) is 43.3 Å². The first kappa shape index (κ1) is 15.6. The van der Waals surface area contributed by atoms with E-state index in [0.717, 1.165) is 5.56 Å². The number of amides is 1. The molecule has 6 nitrogen and oxygen atoms in total. The molecule has 1 heterocycles. The summed E-state index contributed by atoms with van der Waals surface area (Å²) in [5.41, 5.74) is 2.35. The average molecular weight is 321 g/mol. The molecule has 120 valence electrons. The van der Waals surface area contributed by atoms with Gasteiger partial charge in [-0.1, -0.05) is 12.1 Å². The molecule has 24 heavy (non-hydrogen) atoms. The summed E-state index contributed by atoms with van der Waals surface area (Å²) in [6, 6.07) is 13.7. The molecule has 1 N–H and O–H groups in total. The van der Waals surface area contributed by atoms with Crippen molar-refractivity contribution >= 4 is 17.4 Å². The van der Waals surface area contributed by atoms with Crippen molar-refractivity contribution in [1.82, 2.24) is 10.2 Å². The molecule has 0 aliphatic rings. The van der Waals surface area contributed by atoms with Crippen LogP contribution in [0.4, 0.5) is 5.69 Å². The lowest BCUT2D eigenvalue weighted by molar-refractivity contribution is 0.101. The molecule has 0 radical (unpaired) electrons. The maximum absolute atomic E-state index is 12.3. The lowest BCUT2D eigenvalue weighted by Gasteiger charge is -2.06. The Hall–Kier alpha value is -3.28. The van der Waals surface area contributed by atoms with E-state index in [1.165, 1.54) is 6.92 Å². The molecule has 1 amide bonds. The third kappa shape index (κ3) is 3.38. The van der Waals surface area contributed by atoms with E-state index in [9.17, 15) is 9.59 Å². The van der Waals surface area contributed by atoms with E-state index in [1.807, 2.05) is 0 Å². The number of carbonyl (C=O) groups excluding carboxylic acids is 2. The number of hydrogen-bond donors (Lipinski definition) is 1. The first-order valence-electron chi connectivity index (χ1n) is 7.36. The molecule has 0 bridgehead atoms. The summed E-state index contributed by atoms with van der Waals surface area (Å²) >= 11 is 0. The predicted molar refractivity (Wildman–Crippen MR) is 88.9 cm³/mol.